The first-order chi connectivity index (χ1) is 14.9. The van der Waals surface area contributed by atoms with Crippen molar-refractivity contribution >= 4 is 33.4 Å². The van der Waals surface area contributed by atoms with E-state index < -0.39 is 15.9 Å². The van der Waals surface area contributed by atoms with Gasteiger partial charge in [0.2, 0.25) is 11.8 Å². The molecule has 2 aliphatic heterocycles. The summed E-state index contributed by atoms with van der Waals surface area (Å²) in [6.45, 7) is 1.19. The first-order valence-electron chi connectivity index (χ1n) is 10.2. The zero-order valence-electron chi connectivity index (χ0n) is 17.0. The van der Waals surface area contributed by atoms with Gasteiger partial charge < -0.3 is 15.5 Å². The molecule has 31 heavy (non-hydrogen) atoms. The minimum Gasteiger partial charge on any atom is -0.370 e. The van der Waals surface area contributed by atoms with Gasteiger partial charge in [-0.15, -0.1) is 4.40 Å². The van der Waals surface area contributed by atoms with Crippen LogP contribution in [0.3, 0.4) is 0 Å². The number of benzene rings is 2. The quantitative estimate of drug-likeness (QED) is 0.761. The Kier molecular flexibility index (Phi) is 5.77. The second-order valence-corrected chi connectivity index (χ2v) is 9.29. The van der Waals surface area contributed by atoms with Gasteiger partial charge in [0.05, 0.1) is 5.92 Å². The zero-order chi connectivity index (χ0) is 22.0. The molecule has 0 spiro atoms. The molecular formula is C22H24N4O4S. The Hall–Kier alpha value is -3.20. The fourth-order valence-electron chi connectivity index (χ4n) is 4.10. The number of carbonyl (C=O) groups is 2. The van der Waals surface area contributed by atoms with Crippen molar-refractivity contribution in [1.29, 1.82) is 0 Å². The van der Waals surface area contributed by atoms with Gasteiger partial charge in [-0.1, -0.05) is 30.3 Å². The number of rotatable bonds is 5. The second-order valence-electron chi connectivity index (χ2n) is 7.71. The number of nitrogens with two attached hydrogens (primary N) is 1. The summed E-state index contributed by atoms with van der Waals surface area (Å²) in [5.41, 5.74) is 6.59. The van der Waals surface area contributed by atoms with Crippen LogP contribution in [0.4, 0.5) is 5.69 Å². The van der Waals surface area contributed by atoms with E-state index in [0.29, 0.717) is 36.6 Å². The van der Waals surface area contributed by atoms with Crippen LogP contribution >= 0.6 is 0 Å². The number of amides is 2. The molecule has 0 aromatic heterocycles. The molecule has 4 rings (SSSR count). The van der Waals surface area contributed by atoms with Gasteiger partial charge in [-0.3, -0.25) is 9.59 Å². The first kappa shape index (κ1) is 21.0. The van der Waals surface area contributed by atoms with Crippen LogP contribution in [0.2, 0.25) is 0 Å². The number of hydrogen-bond acceptors (Lipinski definition) is 5. The average Bonchev–Trinajstić information content (AvgIpc) is 3.05. The number of amidine groups is 1. The fraction of sp³-hybridized carbons (Fsp3) is 0.318. The first-order valence-corrected chi connectivity index (χ1v) is 11.6. The van der Waals surface area contributed by atoms with E-state index in [2.05, 4.69) is 4.40 Å². The molecule has 1 unspecified atom stereocenters. The second kappa shape index (κ2) is 8.50. The molecule has 1 saturated heterocycles. The summed E-state index contributed by atoms with van der Waals surface area (Å²) < 4.78 is 28.9. The molecule has 1 fully saturated rings. The molecule has 0 radical (unpaired) electrons. The molecule has 2 aliphatic rings. The molecule has 2 aromatic rings. The van der Waals surface area contributed by atoms with Crippen molar-refractivity contribution in [3.63, 3.8) is 0 Å². The summed E-state index contributed by atoms with van der Waals surface area (Å²) in [5, 5.41) is 0. The van der Waals surface area contributed by atoms with E-state index in [9.17, 15) is 18.0 Å². The number of piperidine rings is 1. The van der Waals surface area contributed by atoms with Crippen LogP contribution in [-0.2, 0) is 19.6 Å². The molecular weight excluding hydrogens is 416 g/mol. The SMILES string of the molecule is NC(=O)CCN(C(=O)C1CCCN(C2=NS(=O)(=O)c3ccccc32)C1)c1ccccc1. The van der Waals surface area contributed by atoms with Crippen molar-refractivity contribution in [3.05, 3.63) is 60.2 Å². The normalized spacial score (nSPS) is 19.4. The van der Waals surface area contributed by atoms with Gasteiger partial charge in [-0.2, -0.15) is 8.42 Å². The number of carbonyl (C=O) groups excluding carboxylic acids is 2. The summed E-state index contributed by atoms with van der Waals surface area (Å²) in [5.74, 6) is -0.524. The minimum absolute atomic E-state index is 0.0649. The molecule has 2 aromatic carbocycles. The standard InChI is InChI=1S/C22H24N4O4S/c23-20(27)12-14-26(17-8-2-1-3-9-17)22(28)16-7-6-13-25(15-16)21-18-10-4-5-11-19(18)31(29,30)24-21/h1-5,8-11,16H,6-7,12-15H2,(H2,23,27). The highest BCUT2D eigenvalue weighted by Crippen LogP contribution is 2.30. The number of anilines is 1. The maximum Gasteiger partial charge on any atom is 0.285 e. The third kappa shape index (κ3) is 4.32. The molecule has 0 aliphatic carbocycles. The van der Waals surface area contributed by atoms with Crippen LogP contribution in [0, 0.1) is 5.92 Å². The highest BCUT2D eigenvalue weighted by atomic mass is 32.2. The van der Waals surface area contributed by atoms with Crippen molar-refractivity contribution in [2.45, 2.75) is 24.2 Å². The minimum atomic E-state index is -3.72. The molecule has 9 heteroatoms. The number of fused-ring (bicyclic) bond motifs is 1. The summed E-state index contributed by atoms with van der Waals surface area (Å²) in [6.07, 6.45) is 1.47. The van der Waals surface area contributed by atoms with E-state index in [1.807, 2.05) is 35.2 Å². The summed E-state index contributed by atoms with van der Waals surface area (Å²) >= 11 is 0. The van der Waals surface area contributed by atoms with Gasteiger partial charge in [0, 0.05) is 37.3 Å². The maximum atomic E-state index is 13.4. The lowest BCUT2D eigenvalue weighted by molar-refractivity contribution is -0.123. The molecule has 162 valence electrons. The predicted octanol–water partition coefficient (Wildman–Crippen LogP) is 1.76. The van der Waals surface area contributed by atoms with Crippen LogP contribution < -0.4 is 10.6 Å². The van der Waals surface area contributed by atoms with Crippen LogP contribution in [0.5, 0.6) is 0 Å². The smallest absolute Gasteiger partial charge is 0.285 e. The van der Waals surface area contributed by atoms with E-state index in [1.54, 1.807) is 29.2 Å². The number of nitrogens with zero attached hydrogens (tertiary/aromatic N) is 3. The van der Waals surface area contributed by atoms with Gasteiger partial charge in [-0.25, -0.2) is 0 Å². The number of para-hydroxylation sites is 1. The molecule has 2 amide bonds. The molecule has 2 heterocycles. The van der Waals surface area contributed by atoms with E-state index in [0.717, 1.165) is 6.42 Å². The molecule has 0 bridgehead atoms. The third-order valence-electron chi connectivity index (χ3n) is 5.60. The van der Waals surface area contributed by atoms with Gasteiger partial charge in [0.1, 0.15) is 4.90 Å². The highest BCUT2D eigenvalue weighted by Gasteiger charge is 2.36. The number of sulfonamides is 1. The van der Waals surface area contributed by atoms with E-state index in [1.165, 1.54) is 0 Å². The Morgan fingerprint density at radius 3 is 2.55 bits per heavy atom. The van der Waals surface area contributed by atoms with Gasteiger partial charge in [0.15, 0.2) is 5.84 Å². The Morgan fingerprint density at radius 2 is 1.81 bits per heavy atom. The molecule has 8 nitrogen and oxygen atoms in total. The van der Waals surface area contributed by atoms with Crippen molar-refractivity contribution in [2.24, 2.45) is 16.0 Å². The van der Waals surface area contributed by atoms with E-state index in [4.69, 9.17) is 5.73 Å². The highest BCUT2D eigenvalue weighted by molar-refractivity contribution is 7.90. The number of hydrogen-bond donors (Lipinski definition) is 1. The fourth-order valence-corrected chi connectivity index (χ4v) is 5.33. The van der Waals surface area contributed by atoms with Crippen molar-refractivity contribution in [2.75, 3.05) is 24.5 Å². The summed E-state index contributed by atoms with van der Waals surface area (Å²) in [6, 6.07) is 15.9. The molecule has 0 saturated carbocycles. The Bertz CT molecular complexity index is 1130. The predicted molar refractivity (Wildman–Crippen MR) is 117 cm³/mol. The molecule has 1 atom stereocenters. The van der Waals surface area contributed by atoms with Crippen molar-refractivity contribution in [3.8, 4) is 0 Å². The summed E-state index contributed by atoms with van der Waals surface area (Å²) in [7, 11) is -3.72. The number of likely N-dealkylation sites (tertiary alicyclic amines) is 1. The van der Waals surface area contributed by atoms with Gasteiger partial charge in [-0.05, 0) is 37.1 Å². The van der Waals surface area contributed by atoms with E-state index in [-0.39, 0.29) is 29.7 Å². The van der Waals surface area contributed by atoms with Gasteiger partial charge >= 0.3 is 0 Å². The van der Waals surface area contributed by atoms with Crippen LogP contribution in [0.1, 0.15) is 24.8 Å². The van der Waals surface area contributed by atoms with Crippen LogP contribution in [0.25, 0.3) is 0 Å². The van der Waals surface area contributed by atoms with Crippen LogP contribution in [-0.4, -0.2) is 50.6 Å². The lowest BCUT2D eigenvalue weighted by Crippen LogP contribution is -2.47. The lowest BCUT2D eigenvalue weighted by Gasteiger charge is -2.36. The third-order valence-corrected chi connectivity index (χ3v) is 6.92. The van der Waals surface area contributed by atoms with Crippen LogP contribution in [0.15, 0.2) is 63.9 Å². The topological polar surface area (TPSA) is 113 Å². The maximum absolute atomic E-state index is 13.4. The van der Waals surface area contributed by atoms with Crippen molar-refractivity contribution < 1.29 is 18.0 Å². The zero-order valence-corrected chi connectivity index (χ0v) is 17.8. The van der Waals surface area contributed by atoms with Gasteiger partial charge in [0.25, 0.3) is 10.0 Å². The average molecular weight is 441 g/mol. The Labute approximate surface area is 181 Å². The Balaban J connectivity index is 1.58. The monoisotopic (exact) mass is 440 g/mol. The van der Waals surface area contributed by atoms with Crippen molar-refractivity contribution in [1.82, 2.24) is 4.90 Å². The van der Waals surface area contributed by atoms with E-state index >= 15 is 0 Å². The number of primary amides is 1. The summed E-state index contributed by atoms with van der Waals surface area (Å²) in [4.78, 5) is 28.5. The lowest BCUT2D eigenvalue weighted by atomic mass is 9.95. The molecule has 2 N–H and O–H groups in total. The Morgan fingerprint density at radius 1 is 1.10 bits per heavy atom. The largest absolute Gasteiger partial charge is 0.370 e.